The van der Waals surface area contributed by atoms with Crippen LogP contribution in [-0.2, 0) is 9.53 Å². The third kappa shape index (κ3) is 7.35. The minimum Gasteiger partial charge on any atom is -0.465 e. The molecule has 3 N–H and O–H groups in total. The van der Waals surface area contributed by atoms with Crippen molar-refractivity contribution in [3.8, 4) is 0 Å². The molecular weight excluding hydrogens is 364 g/mol. The molecule has 0 spiro atoms. The number of carbonyl (C=O) groups is 2. The molecule has 2 rings (SSSR count). The van der Waals surface area contributed by atoms with E-state index in [0.29, 0.717) is 29.2 Å². The second-order valence-electron chi connectivity index (χ2n) is 4.49. The molecule has 0 saturated carbocycles. The number of rotatable bonds is 9. The van der Waals surface area contributed by atoms with E-state index in [1.165, 1.54) is 23.1 Å². The zero-order chi connectivity index (χ0) is 17.9. The van der Waals surface area contributed by atoms with Crippen LogP contribution in [0.1, 0.15) is 6.92 Å². The second kappa shape index (κ2) is 10.5. The van der Waals surface area contributed by atoms with Gasteiger partial charge in [-0.1, -0.05) is 29.2 Å². The molecule has 0 radical (unpaired) electrons. The highest BCUT2D eigenvalue weighted by Gasteiger charge is 2.10. The lowest BCUT2D eigenvalue weighted by Gasteiger charge is -2.06. The zero-order valence-electron chi connectivity index (χ0n) is 13.5. The summed E-state index contributed by atoms with van der Waals surface area (Å²) in [7, 11) is 0. The molecule has 9 nitrogen and oxygen atoms in total. The molecule has 0 aliphatic heterocycles. The maximum atomic E-state index is 11.8. The van der Waals surface area contributed by atoms with Crippen molar-refractivity contribution in [1.82, 2.24) is 20.5 Å². The quantitative estimate of drug-likeness (QED) is 0.260. The number of pyridine rings is 1. The van der Waals surface area contributed by atoms with Gasteiger partial charge in [0, 0.05) is 19.3 Å². The van der Waals surface area contributed by atoms with Crippen molar-refractivity contribution < 1.29 is 14.3 Å². The van der Waals surface area contributed by atoms with E-state index in [9.17, 15) is 9.59 Å². The molecule has 134 valence electrons. The van der Waals surface area contributed by atoms with Gasteiger partial charge in [0.25, 0.3) is 0 Å². The predicted molar refractivity (Wildman–Crippen MR) is 97.0 cm³/mol. The Bertz CT molecular complexity index is 682. The Hall–Kier alpha value is -2.40. The van der Waals surface area contributed by atoms with E-state index >= 15 is 0 Å². The van der Waals surface area contributed by atoms with Crippen LogP contribution in [0.4, 0.5) is 15.7 Å². The summed E-state index contributed by atoms with van der Waals surface area (Å²) in [6, 6.07) is 5.18. The maximum absolute atomic E-state index is 11.8. The van der Waals surface area contributed by atoms with Gasteiger partial charge in [-0.15, -0.1) is 10.2 Å². The summed E-state index contributed by atoms with van der Waals surface area (Å²) in [4.78, 5) is 27.2. The average Bonchev–Trinajstić information content (AvgIpc) is 3.05. The normalized spacial score (nSPS) is 10.1. The van der Waals surface area contributed by atoms with Crippen molar-refractivity contribution in [3.05, 3.63) is 24.4 Å². The van der Waals surface area contributed by atoms with Crippen LogP contribution in [0.25, 0.3) is 0 Å². The van der Waals surface area contributed by atoms with Crippen LogP contribution in [0.5, 0.6) is 0 Å². The molecular formula is C14H18N6O3S2. The van der Waals surface area contributed by atoms with E-state index in [4.69, 9.17) is 4.74 Å². The summed E-state index contributed by atoms with van der Waals surface area (Å²) in [5, 5.41) is 16.5. The first-order valence-corrected chi connectivity index (χ1v) is 9.29. The lowest BCUT2D eigenvalue weighted by atomic mass is 10.4. The molecule has 2 heterocycles. The number of hydrogen-bond donors (Lipinski definition) is 3. The van der Waals surface area contributed by atoms with Crippen LogP contribution >= 0.6 is 23.1 Å². The highest BCUT2D eigenvalue weighted by atomic mass is 32.2. The number of aromatic nitrogens is 3. The fourth-order valence-corrected chi connectivity index (χ4v) is 3.16. The van der Waals surface area contributed by atoms with Crippen LogP contribution in [0, 0.1) is 0 Å². The first-order chi connectivity index (χ1) is 12.2. The number of esters is 1. The van der Waals surface area contributed by atoms with Crippen LogP contribution in [-0.4, -0.2) is 52.6 Å². The molecule has 0 unspecified atom stereocenters. The SMILES string of the molecule is CCOC(=O)CSc1nnc(NC(=O)NCCNc2ccccn2)s1. The van der Waals surface area contributed by atoms with Gasteiger partial charge in [0.1, 0.15) is 5.82 Å². The Kier molecular flexibility index (Phi) is 7.92. The number of anilines is 2. The van der Waals surface area contributed by atoms with E-state index in [2.05, 4.69) is 31.1 Å². The summed E-state index contributed by atoms with van der Waals surface area (Å²) >= 11 is 2.41. The summed E-state index contributed by atoms with van der Waals surface area (Å²) < 4.78 is 5.41. The van der Waals surface area contributed by atoms with Gasteiger partial charge in [-0.05, 0) is 19.1 Å². The average molecular weight is 382 g/mol. The Morgan fingerprint density at radius 3 is 2.92 bits per heavy atom. The Morgan fingerprint density at radius 1 is 1.28 bits per heavy atom. The molecule has 0 fully saturated rings. The topological polar surface area (TPSA) is 118 Å². The predicted octanol–water partition coefficient (Wildman–Crippen LogP) is 1.82. The number of carbonyl (C=O) groups excluding carboxylic acids is 2. The van der Waals surface area contributed by atoms with Crippen LogP contribution < -0.4 is 16.0 Å². The first kappa shape index (κ1) is 18.9. The van der Waals surface area contributed by atoms with E-state index in [1.54, 1.807) is 13.1 Å². The molecule has 25 heavy (non-hydrogen) atoms. The van der Waals surface area contributed by atoms with Gasteiger partial charge in [0.05, 0.1) is 12.4 Å². The number of hydrogen-bond acceptors (Lipinski definition) is 9. The third-order valence-electron chi connectivity index (χ3n) is 2.63. The molecule has 11 heteroatoms. The largest absolute Gasteiger partial charge is 0.465 e. The van der Waals surface area contributed by atoms with Crippen molar-refractivity contribution in [3.63, 3.8) is 0 Å². The third-order valence-corrected chi connectivity index (χ3v) is 4.57. The summed E-state index contributed by atoms with van der Waals surface area (Å²) in [5.41, 5.74) is 0. The number of ether oxygens (including phenoxy) is 1. The second-order valence-corrected chi connectivity index (χ2v) is 6.69. The number of nitrogens with one attached hydrogen (secondary N) is 3. The monoisotopic (exact) mass is 382 g/mol. The zero-order valence-corrected chi connectivity index (χ0v) is 15.2. The van der Waals surface area contributed by atoms with E-state index in [-0.39, 0.29) is 17.8 Å². The fraction of sp³-hybridized carbons (Fsp3) is 0.357. The van der Waals surface area contributed by atoms with E-state index < -0.39 is 0 Å². The molecule has 0 aromatic carbocycles. The molecule has 0 aliphatic carbocycles. The number of nitrogens with zero attached hydrogens (tertiary/aromatic N) is 3. The summed E-state index contributed by atoms with van der Waals surface area (Å²) in [6.45, 7) is 3.06. The van der Waals surface area contributed by atoms with E-state index in [0.717, 1.165) is 5.82 Å². The highest BCUT2D eigenvalue weighted by Crippen LogP contribution is 2.25. The van der Waals surface area contributed by atoms with Gasteiger partial charge >= 0.3 is 12.0 Å². The fourth-order valence-electron chi connectivity index (χ4n) is 1.62. The van der Waals surface area contributed by atoms with Gasteiger partial charge in [-0.3, -0.25) is 10.1 Å². The Morgan fingerprint density at radius 2 is 2.16 bits per heavy atom. The van der Waals surface area contributed by atoms with Gasteiger partial charge in [0.15, 0.2) is 4.34 Å². The lowest BCUT2D eigenvalue weighted by molar-refractivity contribution is -0.139. The summed E-state index contributed by atoms with van der Waals surface area (Å²) in [5.74, 6) is 0.598. The highest BCUT2D eigenvalue weighted by molar-refractivity contribution is 8.01. The Balaban J connectivity index is 1.64. The van der Waals surface area contributed by atoms with Gasteiger partial charge in [-0.2, -0.15) is 0 Å². The van der Waals surface area contributed by atoms with E-state index in [1.807, 2.05) is 18.2 Å². The number of urea groups is 1. The van der Waals surface area contributed by atoms with Crippen molar-refractivity contribution in [2.24, 2.45) is 0 Å². The smallest absolute Gasteiger partial charge is 0.321 e. The lowest BCUT2D eigenvalue weighted by Crippen LogP contribution is -2.32. The molecule has 0 bridgehead atoms. The first-order valence-electron chi connectivity index (χ1n) is 7.49. The Labute approximate surface area is 153 Å². The van der Waals surface area contributed by atoms with Crippen LogP contribution in [0.3, 0.4) is 0 Å². The van der Waals surface area contributed by atoms with Crippen molar-refractivity contribution >= 4 is 46.0 Å². The molecule has 2 aromatic heterocycles. The molecule has 0 atom stereocenters. The van der Waals surface area contributed by atoms with Gasteiger partial charge in [0.2, 0.25) is 5.13 Å². The number of thioether (sulfide) groups is 1. The number of amides is 2. The standard InChI is InChI=1S/C14H18N6O3S2/c1-2-23-11(21)9-24-14-20-19-13(25-14)18-12(22)17-8-7-16-10-5-3-4-6-15-10/h3-6H,2,7-9H2,1H3,(H,15,16)(H2,17,18,19,22). The summed E-state index contributed by atoms with van der Waals surface area (Å²) in [6.07, 6.45) is 1.69. The molecule has 2 amide bonds. The van der Waals surface area contributed by atoms with Gasteiger partial charge < -0.3 is 15.4 Å². The van der Waals surface area contributed by atoms with Crippen molar-refractivity contribution in [2.45, 2.75) is 11.3 Å². The molecule has 0 saturated heterocycles. The van der Waals surface area contributed by atoms with Crippen LogP contribution in [0.2, 0.25) is 0 Å². The molecule has 2 aromatic rings. The van der Waals surface area contributed by atoms with Crippen LogP contribution in [0.15, 0.2) is 28.7 Å². The molecule has 0 aliphatic rings. The minimum atomic E-state index is -0.374. The van der Waals surface area contributed by atoms with Crippen molar-refractivity contribution in [1.29, 1.82) is 0 Å². The minimum absolute atomic E-state index is 0.161. The van der Waals surface area contributed by atoms with Gasteiger partial charge in [-0.25, -0.2) is 9.78 Å². The maximum Gasteiger partial charge on any atom is 0.321 e. The van der Waals surface area contributed by atoms with Crippen molar-refractivity contribution in [2.75, 3.05) is 36.1 Å².